The Balaban J connectivity index is 1.25. The maximum Gasteiger partial charge on any atom is 0.0431 e. The lowest BCUT2D eigenvalue weighted by Gasteiger charge is -2.33. The van der Waals surface area contributed by atoms with Crippen LogP contribution in [0, 0.1) is 0 Å². The van der Waals surface area contributed by atoms with E-state index in [2.05, 4.69) is 121 Å². The summed E-state index contributed by atoms with van der Waals surface area (Å²) < 4.78 is 0. The number of fused-ring (bicyclic) bond motifs is 6. The van der Waals surface area contributed by atoms with Gasteiger partial charge in [-0.15, -0.1) is 0 Å². The minimum Gasteiger partial charge on any atom is -0.396 e. The summed E-state index contributed by atoms with van der Waals surface area (Å²) in [5, 5.41) is 19.8. The van der Waals surface area contributed by atoms with Gasteiger partial charge in [0.15, 0.2) is 0 Å². The molecule has 2 heteroatoms. The normalized spacial score (nSPS) is 15.1. The third-order valence-electron chi connectivity index (χ3n) is 9.91. The SMILES string of the molecule is OCCCC1(Cc2ccc(CC3(CCCO)c4ccccc4-c4ccccc43)cc2)c2ccccc2-c2ccccc21. The van der Waals surface area contributed by atoms with E-state index in [0.717, 1.165) is 38.5 Å². The van der Waals surface area contributed by atoms with Gasteiger partial charge in [-0.25, -0.2) is 0 Å². The molecule has 0 radical (unpaired) electrons. The van der Waals surface area contributed by atoms with Crippen molar-refractivity contribution >= 4 is 0 Å². The zero-order valence-corrected chi connectivity index (χ0v) is 24.1. The van der Waals surface area contributed by atoms with Crippen molar-refractivity contribution in [3.63, 3.8) is 0 Å². The standard InChI is InChI=1S/C40H38O2/c41-25-9-23-39(35-15-5-1-11-31(35)32-12-2-6-16-36(32)39)27-29-19-21-30(22-20-29)28-40(24-10-26-42)37-17-7-3-13-33(37)34-14-4-8-18-38(34)40/h1-8,11-22,41-42H,9-10,23-28H2. The number of aliphatic hydroxyl groups excluding tert-OH is 2. The van der Waals surface area contributed by atoms with Crippen LogP contribution in [-0.4, -0.2) is 23.4 Å². The maximum atomic E-state index is 9.88. The van der Waals surface area contributed by atoms with Gasteiger partial charge in [0.05, 0.1) is 0 Å². The van der Waals surface area contributed by atoms with E-state index in [1.807, 2.05) is 0 Å². The Kier molecular flexibility index (Phi) is 7.06. The molecule has 0 atom stereocenters. The molecule has 2 aliphatic carbocycles. The summed E-state index contributed by atoms with van der Waals surface area (Å²) in [6.07, 6.45) is 5.18. The number of rotatable bonds is 10. The lowest BCUT2D eigenvalue weighted by Crippen LogP contribution is -2.29. The molecule has 0 aliphatic heterocycles. The zero-order valence-electron chi connectivity index (χ0n) is 24.1. The Bertz CT molecular complexity index is 1500. The van der Waals surface area contributed by atoms with Crippen molar-refractivity contribution in [1.82, 2.24) is 0 Å². The first-order chi connectivity index (χ1) is 20.7. The van der Waals surface area contributed by atoms with Gasteiger partial charge in [0.25, 0.3) is 0 Å². The molecule has 5 aromatic carbocycles. The van der Waals surface area contributed by atoms with E-state index in [0.29, 0.717) is 0 Å². The molecule has 2 N–H and O–H groups in total. The average molecular weight is 551 g/mol. The Hall–Kier alpha value is -3.98. The van der Waals surface area contributed by atoms with E-state index in [1.165, 1.54) is 55.6 Å². The first kappa shape index (κ1) is 26.9. The zero-order chi connectivity index (χ0) is 28.6. The Morgan fingerprint density at radius 2 is 0.667 bits per heavy atom. The number of benzene rings is 5. The highest BCUT2D eigenvalue weighted by Gasteiger charge is 2.44. The summed E-state index contributed by atoms with van der Waals surface area (Å²) in [5.41, 5.74) is 13.2. The molecule has 7 rings (SSSR count). The summed E-state index contributed by atoms with van der Waals surface area (Å²) in [6, 6.07) is 44.7. The van der Waals surface area contributed by atoms with Crippen LogP contribution in [0.1, 0.15) is 59.1 Å². The maximum absolute atomic E-state index is 9.88. The van der Waals surface area contributed by atoms with E-state index >= 15 is 0 Å². The molecular weight excluding hydrogens is 512 g/mol. The van der Waals surface area contributed by atoms with Crippen LogP contribution in [-0.2, 0) is 23.7 Å². The molecule has 0 amide bonds. The van der Waals surface area contributed by atoms with Gasteiger partial charge < -0.3 is 10.2 Å². The van der Waals surface area contributed by atoms with Crippen molar-refractivity contribution in [3.05, 3.63) is 155 Å². The third kappa shape index (κ3) is 4.24. The van der Waals surface area contributed by atoms with Crippen molar-refractivity contribution in [3.8, 4) is 22.3 Å². The van der Waals surface area contributed by atoms with Crippen LogP contribution in [0.25, 0.3) is 22.3 Å². The predicted molar refractivity (Wildman–Crippen MR) is 172 cm³/mol. The van der Waals surface area contributed by atoms with Gasteiger partial charge in [0.2, 0.25) is 0 Å². The first-order valence-corrected chi connectivity index (χ1v) is 15.4. The van der Waals surface area contributed by atoms with E-state index in [1.54, 1.807) is 0 Å². The van der Waals surface area contributed by atoms with E-state index in [4.69, 9.17) is 0 Å². The Morgan fingerprint density at radius 3 is 0.952 bits per heavy atom. The molecular formula is C40H38O2. The van der Waals surface area contributed by atoms with Crippen LogP contribution in [0.3, 0.4) is 0 Å². The Morgan fingerprint density at radius 1 is 0.381 bits per heavy atom. The summed E-state index contributed by atoms with van der Waals surface area (Å²) in [5.74, 6) is 0. The van der Waals surface area contributed by atoms with Gasteiger partial charge in [0.1, 0.15) is 0 Å². The fraction of sp³-hybridized carbons (Fsp3) is 0.250. The highest BCUT2D eigenvalue weighted by Crippen LogP contribution is 2.54. The summed E-state index contributed by atoms with van der Waals surface area (Å²) >= 11 is 0. The van der Waals surface area contributed by atoms with Gasteiger partial charge in [0, 0.05) is 24.0 Å². The fourth-order valence-corrected chi connectivity index (χ4v) is 8.16. The number of hydrogen-bond donors (Lipinski definition) is 2. The predicted octanol–water partition coefficient (Wildman–Crippen LogP) is 8.25. The minimum atomic E-state index is -0.150. The second kappa shape index (κ2) is 11.0. The minimum absolute atomic E-state index is 0.150. The molecule has 2 nitrogen and oxygen atoms in total. The topological polar surface area (TPSA) is 40.5 Å². The molecule has 5 aromatic rings. The van der Waals surface area contributed by atoms with Crippen LogP contribution >= 0.6 is 0 Å². The van der Waals surface area contributed by atoms with Crippen LogP contribution in [0.15, 0.2) is 121 Å². The summed E-state index contributed by atoms with van der Waals surface area (Å²) in [6.45, 7) is 0.397. The van der Waals surface area contributed by atoms with Gasteiger partial charge in [-0.2, -0.15) is 0 Å². The van der Waals surface area contributed by atoms with Crippen LogP contribution in [0.5, 0.6) is 0 Å². The van der Waals surface area contributed by atoms with Crippen LogP contribution in [0.2, 0.25) is 0 Å². The molecule has 0 saturated heterocycles. The van der Waals surface area contributed by atoms with Gasteiger partial charge in [-0.3, -0.25) is 0 Å². The molecule has 0 heterocycles. The number of aliphatic hydroxyl groups is 2. The van der Waals surface area contributed by atoms with Crippen molar-refractivity contribution in [2.24, 2.45) is 0 Å². The van der Waals surface area contributed by atoms with Crippen molar-refractivity contribution in [2.75, 3.05) is 13.2 Å². The quantitative estimate of drug-likeness (QED) is 0.184. The van der Waals surface area contributed by atoms with E-state index in [9.17, 15) is 10.2 Å². The lowest BCUT2D eigenvalue weighted by molar-refractivity contribution is 0.269. The Labute approximate surface area is 249 Å². The van der Waals surface area contributed by atoms with E-state index in [-0.39, 0.29) is 24.0 Å². The third-order valence-corrected chi connectivity index (χ3v) is 9.91. The van der Waals surface area contributed by atoms with E-state index < -0.39 is 0 Å². The highest BCUT2D eigenvalue weighted by molar-refractivity contribution is 5.82. The monoisotopic (exact) mass is 550 g/mol. The molecule has 42 heavy (non-hydrogen) atoms. The van der Waals surface area contributed by atoms with Crippen molar-refractivity contribution in [2.45, 2.75) is 49.4 Å². The smallest absolute Gasteiger partial charge is 0.0431 e. The first-order valence-electron chi connectivity index (χ1n) is 15.4. The molecule has 0 saturated carbocycles. The molecule has 0 bridgehead atoms. The van der Waals surface area contributed by atoms with Crippen molar-refractivity contribution < 1.29 is 10.2 Å². The lowest BCUT2D eigenvalue weighted by atomic mass is 9.69. The molecule has 0 spiro atoms. The summed E-state index contributed by atoms with van der Waals surface area (Å²) in [4.78, 5) is 0. The second-order valence-corrected chi connectivity index (χ2v) is 12.2. The fourth-order valence-electron chi connectivity index (χ4n) is 8.16. The largest absolute Gasteiger partial charge is 0.396 e. The summed E-state index contributed by atoms with van der Waals surface area (Å²) in [7, 11) is 0. The second-order valence-electron chi connectivity index (χ2n) is 12.2. The van der Waals surface area contributed by atoms with Crippen LogP contribution < -0.4 is 0 Å². The molecule has 0 fully saturated rings. The molecule has 0 unspecified atom stereocenters. The highest BCUT2D eigenvalue weighted by atomic mass is 16.3. The molecule has 2 aliphatic rings. The van der Waals surface area contributed by atoms with Gasteiger partial charge >= 0.3 is 0 Å². The number of hydrogen-bond acceptors (Lipinski definition) is 2. The molecule has 210 valence electrons. The van der Waals surface area contributed by atoms with Crippen LogP contribution in [0.4, 0.5) is 0 Å². The van der Waals surface area contributed by atoms with Gasteiger partial charge in [-0.1, -0.05) is 121 Å². The molecule has 0 aromatic heterocycles. The van der Waals surface area contributed by atoms with Crippen molar-refractivity contribution in [1.29, 1.82) is 0 Å². The van der Waals surface area contributed by atoms with Gasteiger partial charge in [-0.05, 0) is 94.2 Å². The average Bonchev–Trinajstić information content (AvgIpc) is 3.48.